The van der Waals surface area contributed by atoms with E-state index in [2.05, 4.69) is 15.4 Å². The first-order valence-electron chi connectivity index (χ1n) is 8.21. The van der Waals surface area contributed by atoms with Crippen molar-refractivity contribution >= 4 is 45.4 Å². The molecule has 0 aliphatic heterocycles. The summed E-state index contributed by atoms with van der Waals surface area (Å²) in [6.45, 7) is 0. The first-order chi connectivity index (χ1) is 14.0. The number of anilines is 1. The van der Waals surface area contributed by atoms with Crippen molar-refractivity contribution in [2.45, 2.75) is 0 Å². The summed E-state index contributed by atoms with van der Waals surface area (Å²) in [6.07, 6.45) is 0. The minimum atomic E-state index is -0.703. The molecule has 0 saturated carbocycles. The number of aromatic nitrogens is 3. The monoisotopic (exact) mass is 429 g/mol. The SMILES string of the molecule is COc1ccccc1-c1csc2nc(NC(=O)c3ccc(Cl)cc3[N+](=O)[O-])nn12. The lowest BCUT2D eigenvalue weighted by molar-refractivity contribution is -0.385. The number of amides is 1. The zero-order valence-electron chi connectivity index (χ0n) is 14.8. The number of rotatable bonds is 5. The van der Waals surface area contributed by atoms with Crippen LogP contribution in [0.3, 0.4) is 0 Å². The highest BCUT2D eigenvalue weighted by Crippen LogP contribution is 2.32. The third-order valence-corrected chi connectivity index (χ3v) is 5.14. The molecule has 0 unspecified atom stereocenters. The van der Waals surface area contributed by atoms with E-state index in [0.29, 0.717) is 10.7 Å². The molecule has 2 aromatic heterocycles. The number of benzene rings is 2. The molecule has 1 N–H and O–H groups in total. The van der Waals surface area contributed by atoms with E-state index in [4.69, 9.17) is 16.3 Å². The van der Waals surface area contributed by atoms with Crippen LogP contribution in [0, 0.1) is 10.1 Å². The smallest absolute Gasteiger partial charge is 0.283 e. The van der Waals surface area contributed by atoms with Gasteiger partial charge in [0.2, 0.25) is 4.96 Å². The van der Waals surface area contributed by atoms with Gasteiger partial charge in [-0.25, -0.2) is 4.52 Å². The Kier molecular flexibility index (Phi) is 4.87. The van der Waals surface area contributed by atoms with Crippen molar-refractivity contribution in [1.82, 2.24) is 14.6 Å². The third-order valence-electron chi connectivity index (χ3n) is 4.09. The first kappa shape index (κ1) is 18.8. The molecule has 0 fully saturated rings. The predicted octanol–water partition coefficient (Wildman–Crippen LogP) is 4.28. The number of nitrogens with one attached hydrogen (secondary N) is 1. The summed E-state index contributed by atoms with van der Waals surface area (Å²) in [5.74, 6) is -0.00205. The van der Waals surface area contributed by atoms with Gasteiger partial charge in [-0.15, -0.1) is 16.4 Å². The van der Waals surface area contributed by atoms with Crippen LogP contribution in [0.1, 0.15) is 10.4 Å². The van der Waals surface area contributed by atoms with Crippen LogP contribution in [0.5, 0.6) is 5.75 Å². The lowest BCUT2D eigenvalue weighted by Crippen LogP contribution is -2.15. The molecule has 29 heavy (non-hydrogen) atoms. The van der Waals surface area contributed by atoms with Crippen molar-refractivity contribution in [3.8, 4) is 17.0 Å². The zero-order valence-corrected chi connectivity index (χ0v) is 16.4. The Morgan fingerprint density at radius 2 is 2.10 bits per heavy atom. The molecule has 2 heterocycles. The molecule has 2 aromatic carbocycles. The quantitative estimate of drug-likeness (QED) is 0.374. The van der Waals surface area contributed by atoms with E-state index in [-0.39, 0.29) is 16.5 Å². The summed E-state index contributed by atoms with van der Waals surface area (Å²) in [5, 5.41) is 20.1. The fourth-order valence-corrected chi connectivity index (χ4v) is 3.78. The number of nitrogens with zero attached hydrogens (tertiary/aromatic N) is 4. The Bertz CT molecular complexity index is 1250. The van der Waals surface area contributed by atoms with Gasteiger partial charge in [-0.2, -0.15) is 4.98 Å². The number of nitro groups is 1. The Hall–Kier alpha value is -3.50. The van der Waals surface area contributed by atoms with Gasteiger partial charge in [0.15, 0.2) is 0 Å². The van der Waals surface area contributed by atoms with Gasteiger partial charge >= 0.3 is 0 Å². The predicted molar refractivity (Wildman–Crippen MR) is 109 cm³/mol. The van der Waals surface area contributed by atoms with Gasteiger partial charge in [0.25, 0.3) is 17.5 Å². The number of hydrogen-bond acceptors (Lipinski definition) is 7. The maximum Gasteiger partial charge on any atom is 0.283 e. The third kappa shape index (κ3) is 3.50. The normalized spacial score (nSPS) is 10.8. The molecule has 0 atom stereocenters. The van der Waals surface area contributed by atoms with Crippen LogP contribution in [-0.2, 0) is 0 Å². The molecule has 4 aromatic rings. The van der Waals surface area contributed by atoms with E-state index in [1.807, 2.05) is 29.6 Å². The Morgan fingerprint density at radius 3 is 2.86 bits per heavy atom. The first-order valence-corrected chi connectivity index (χ1v) is 9.46. The molecule has 1 amide bonds. The average Bonchev–Trinajstić information content (AvgIpc) is 3.27. The topological polar surface area (TPSA) is 112 Å². The van der Waals surface area contributed by atoms with Gasteiger partial charge in [0.1, 0.15) is 11.3 Å². The molecular formula is C18H12ClN5O4S. The molecule has 4 rings (SSSR count). The maximum absolute atomic E-state index is 12.5. The lowest BCUT2D eigenvalue weighted by Gasteiger charge is -2.06. The average molecular weight is 430 g/mol. The van der Waals surface area contributed by atoms with E-state index < -0.39 is 16.5 Å². The Balaban J connectivity index is 1.68. The lowest BCUT2D eigenvalue weighted by atomic mass is 10.1. The summed E-state index contributed by atoms with van der Waals surface area (Å²) in [4.78, 5) is 27.9. The Morgan fingerprint density at radius 1 is 1.31 bits per heavy atom. The molecule has 0 bridgehead atoms. The highest BCUT2D eigenvalue weighted by atomic mass is 35.5. The van der Waals surface area contributed by atoms with Crippen LogP contribution in [-0.4, -0.2) is 32.5 Å². The van der Waals surface area contributed by atoms with Gasteiger partial charge < -0.3 is 4.74 Å². The highest BCUT2D eigenvalue weighted by molar-refractivity contribution is 7.15. The molecule has 146 valence electrons. The van der Waals surface area contributed by atoms with Gasteiger partial charge in [-0.05, 0) is 24.3 Å². The molecule has 11 heteroatoms. The van der Waals surface area contributed by atoms with Crippen molar-refractivity contribution < 1.29 is 14.5 Å². The highest BCUT2D eigenvalue weighted by Gasteiger charge is 2.22. The summed E-state index contributed by atoms with van der Waals surface area (Å²) in [5.41, 5.74) is 1.03. The number of nitro benzene ring substituents is 1. The standard InChI is InChI=1S/C18H12ClN5O4S/c1-28-15-5-3-2-4-11(15)14-9-29-18-21-17(22-23(14)18)20-16(25)12-7-6-10(19)8-13(12)24(26)27/h2-9H,1H3,(H,20,22,25). The summed E-state index contributed by atoms with van der Waals surface area (Å²) in [6, 6.07) is 11.3. The van der Waals surface area contributed by atoms with Gasteiger partial charge in [-0.1, -0.05) is 23.7 Å². The van der Waals surface area contributed by atoms with Crippen LogP contribution in [0.15, 0.2) is 47.8 Å². The number of fused-ring (bicyclic) bond motifs is 1. The summed E-state index contributed by atoms with van der Waals surface area (Å²) in [7, 11) is 1.58. The molecule has 0 aliphatic carbocycles. The largest absolute Gasteiger partial charge is 0.496 e. The number of thiazole rings is 1. The van der Waals surface area contributed by atoms with E-state index in [1.165, 1.54) is 23.5 Å². The van der Waals surface area contributed by atoms with E-state index in [0.717, 1.165) is 17.3 Å². The molecule has 9 nitrogen and oxygen atoms in total. The van der Waals surface area contributed by atoms with Crippen molar-refractivity contribution in [2.75, 3.05) is 12.4 Å². The summed E-state index contributed by atoms with van der Waals surface area (Å²) >= 11 is 7.13. The van der Waals surface area contributed by atoms with Crippen molar-refractivity contribution in [2.24, 2.45) is 0 Å². The van der Waals surface area contributed by atoms with Crippen molar-refractivity contribution in [3.05, 3.63) is 68.5 Å². The van der Waals surface area contributed by atoms with Gasteiger partial charge in [0.05, 0.1) is 17.7 Å². The van der Waals surface area contributed by atoms with Crippen molar-refractivity contribution in [1.29, 1.82) is 0 Å². The van der Waals surface area contributed by atoms with E-state index in [1.54, 1.807) is 11.6 Å². The number of methoxy groups -OCH3 is 1. The van der Waals surface area contributed by atoms with Crippen LogP contribution >= 0.6 is 22.9 Å². The number of ether oxygens (including phenoxy) is 1. The fraction of sp³-hybridized carbons (Fsp3) is 0.0556. The van der Waals surface area contributed by atoms with Gasteiger partial charge in [-0.3, -0.25) is 20.2 Å². The Labute approximate surface area is 172 Å². The summed E-state index contributed by atoms with van der Waals surface area (Å²) < 4.78 is 6.97. The minimum absolute atomic E-state index is 0.0299. The zero-order chi connectivity index (χ0) is 20.5. The van der Waals surface area contributed by atoms with E-state index in [9.17, 15) is 14.9 Å². The second-order valence-electron chi connectivity index (χ2n) is 5.82. The number of para-hydroxylation sites is 1. The molecule has 0 spiro atoms. The van der Waals surface area contributed by atoms with Crippen molar-refractivity contribution in [3.63, 3.8) is 0 Å². The minimum Gasteiger partial charge on any atom is -0.496 e. The van der Waals surface area contributed by atoms with Gasteiger partial charge in [0, 0.05) is 22.0 Å². The number of carbonyl (C=O) groups excluding carboxylic acids is 1. The number of hydrogen-bond donors (Lipinski definition) is 1. The molecule has 0 radical (unpaired) electrons. The number of halogens is 1. The van der Waals surface area contributed by atoms with Crippen LogP contribution in [0.25, 0.3) is 16.2 Å². The van der Waals surface area contributed by atoms with Crippen LogP contribution < -0.4 is 10.1 Å². The molecular weight excluding hydrogens is 418 g/mol. The van der Waals surface area contributed by atoms with Crippen LogP contribution in [0.2, 0.25) is 5.02 Å². The molecule has 0 aliphatic rings. The second kappa shape index (κ2) is 7.49. The van der Waals surface area contributed by atoms with E-state index >= 15 is 0 Å². The maximum atomic E-state index is 12.5. The molecule has 0 saturated heterocycles. The number of carbonyl (C=O) groups is 1. The fourth-order valence-electron chi connectivity index (χ4n) is 2.79. The van der Waals surface area contributed by atoms with Crippen LogP contribution in [0.4, 0.5) is 11.6 Å². The second-order valence-corrected chi connectivity index (χ2v) is 7.10.